The number of terminal acetylenes is 1. The number of benzene rings is 2. The van der Waals surface area contributed by atoms with E-state index >= 15 is 0 Å². The smallest absolute Gasteiger partial charge is 0.342 e. The van der Waals surface area contributed by atoms with Crippen LogP contribution < -0.4 is 14.8 Å². The molecule has 2 aromatic rings. The summed E-state index contributed by atoms with van der Waals surface area (Å²) in [6, 6.07) is 16.0. The number of amides is 1. The Labute approximate surface area is 152 Å². The van der Waals surface area contributed by atoms with Gasteiger partial charge in [0.2, 0.25) is 0 Å². The van der Waals surface area contributed by atoms with Crippen molar-refractivity contribution in [2.45, 2.75) is 0 Å². The molecule has 1 amide bonds. The van der Waals surface area contributed by atoms with Crippen LogP contribution in [0.5, 0.6) is 11.5 Å². The fourth-order valence-corrected chi connectivity index (χ4v) is 2.00. The third kappa shape index (κ3) is 6.21. The Hall–Kier alpha value is -3.46. The minimum Gasteiger partial charge on any atom is -0.490 e. The molecule has 0 heterocycles. The van der Waals surface area contributed by atoms with Crippen molar-refractivity contribution < 1.29 is 23.8 Å². The molecule has 0 aromatic heterocycles. The van der Waals surface area contributed by atoms with E-state index in [9.17, 15) is 9.59 Å². The van der Waals surface area contributed by atoms with Gasteiger partial charge in [-0.1, -0.05) is 36.3 Å². The average molecular weight is 353 g/mol. The van der Waals surface area contributed by atoms with E-state index in [0.717, 1.165) is 5.75 Å². The van der Waals surface area contributed by atoms with Gasteiger partial charge >= 0.3 is 5.97 Å². The zero-order valence-corrected chi connectivity index (χ0v) is 14.1. The number of carbonyl (C=O) groups is 2. The number of ether oxygens (including phenoxy) is 3. The zero-order chi connectivity index (χ0) is 18.6. The highest BCUT2D eigenvalue weighted by atomic mass is 16.5. The van der Waals surface area contributed by atoms with Crippen molar-refractivity contribution in [2.24, 2.45) is 0 Å². The summed E-state index contributed by atoms with van der Waals surface area (Å²) in [7, 11) is 0. The van der Waals surface area contributed by atoms with Gasteiger partial charge in [0.25, 0.3) is 5.91 Å². The molecule has 0 aliphatic rings. The summed E-state index contributed by atoms with van der Waals surface area (Å²) in [5.41, 5.74) is 0.233. The monoisotopic (exact) mass is 353 g/mol. The van der Waals surface area contributed by atoms with Crippen molar-refractivity contribution in [3.63, 3.8) is 0 Å². The summed E-state index contributed by atoms with van der Waals surface area (Å²) in [5, 5.41) is 2.41. The molecule has 0 aliphatic heterocycles. The van der Waals surface area contributed by atoms with Gasteiger partial charge < -0.3 is 19.5 Å². The molecule has 134 valence electrons. The quantitative estimate of drug-likeness (QED) is 0.424. The first-order valence-electron chi connectivity index (χ1n) is 7.97. The summed E-state index contributed by atoms with van der Waals surface area (Å²) in [4.78, 5) is 23.6. The van der Waals surface area contributed by atoms with Gasteiger partial charge in [0, 0.05) is 0 Å². The number of hydrogen-bond acceptors (Lipinski definition) is 5. The van der Waals surface area contributed by atoms with Crippen LogP contribution in [0.25, 0.3) is 0 Å². The van der Waals surface area contributed by atoms with Gasteiger partial charge in [-0.3, -0.25) is 4.79 Å². The zero-order valence-electron chi connectivity index (χ0n) is 14.1. The predicted molar refractivity (Wildman–Crippen MR) is 96.0 cm³/mol. The van der Waals surface area contributed by atoms with E-state index in [1.54, 1.807) is 24.3 Å². The SMILES string of the molecule is C#CCNC(=O)COC(=O)c1ccccc1OCCOc1ccccc1. The van der Waals surface area contributed by atoms with E-state index in [0.29, 0.717) is 12.4 Å². The fourth-order valence-electron chi connectivity index (χ4n) is 2.00. The number of para-hydroxylation sites is 2. The largest absolute Gasteiger partial charge is 0.490 e. The first kappa shape index (κ1) is 18.9. The van der Waals surface area contributed by atoms with E-state index in [4.69, 9.17) is 20.6 Å². The molecule has 0 spiro atoms. The van der Waals surface area contributed by atoms with Crippen LogP contribution in [0.4, 0.5) is 0 Å². The van der Waals surface area contributed by atoms with Crippen molar-refractivity contribution in [3.8, 4) is 23.8 Å². The summed E-state index contributed by atoms with van der Waals surface area (Å²) in [6.45, 7) is 0.243. The molecule has 2 rings (SSSR count). The van der Waals surface area contributed by atoms with Crippen LogP contribution in [-0.4, -0.2) is 38.2 Å². The minimum absolute atomic E-state index is 0.0808. The van der Waals surface area contributed by atoms with Crippen molar-refractivity contribution in [1.82, 2.24) is 5.32 Å². The standard InChI is InChI=1S/C20H19NO5/c1-2-12-21-19(22)15-26-20(23)17-10-6-7-11-18(17)25-14-13-24-16-8-4-3-5-9-16/h1,3-11H,12-15H2,(H,21,22). The van der Waals surface area contributed by atoms with Crippen LogP contribution >= 0.6 is 0 Å². The fraction of sp³-hybridized carbons (Fsp3) is 0.200. The van der Waals surface area contributed by atoms with Crippen LogP contribution in [0.1, 0.15) is 10.4 Å². The first-order chi connectivity index (χ1) is 12.7. The molecular weight excluding hydrogens is 334 g/mol. The lowest BCUT2D eigenvalue weighted by atomic mass is 10.2. The Morgan fingerprint density at radius 3 is 2.42 bits per heavy atom. The molecule has 0 saturated carbocycles. The highest BCUT2D eigenvalue weighted by molar-refractivity contribution is 5.94. The van der Waals surface area contributed by atoms with Crippen LogP contribution in [0.3, 0.4) is 0 Å². The molecule has 2 aromatic carbocycles. The Morgan fingerprint density at radius 1 is 0.962 bits per heavy atom. The van der Waals surface area contributed by atoms with Gasteiger partial charge in [-0.05, 0) is 24.3 Å². The van der Waals surface area contributed by atoms with Crippen LogP contribution in [0.15, 0.2) is 54.6 Å². The molecule has 6 nitrogen and oxygen atoms in total. The van der Waals surface area contributed by atoms with Gasteiger partial charge in [0.05, 0.1) is 6.54 Å². The number of carbonyl (C=O) groups excluding carboxylic acids is 2. The van der Waals surface area contributed by atoms with E-state index in [-0.39, 0.29) is 18.7 Å². The summed E-state index contributed by atoms with van der Waals surface area (Å²) >= 11 is 0. The van der Waals surface area contributed by atoms with Gasteiger partial charge in [0.1, 0.15) is 30.3 Å². The van der Waals surface area contributed by atoms with Crippen molar-refractivity contribution in [3.05, 3.63) is 60.2 Å². The van der Waals surface area contributed by atoms with Gasteiger partial charge in [-0.2, -0.15) is 0 Å². The first-order valence-corrected chi connectivity index (χ1v) is 7.97. The van der Waals surface area contributed by atoms with Crippen LogP contribution in [0.2, 0.25) is 0 Å². The maximum atomic E-state index is 12.1. The molecular formula is C20H19NO5. The lowest BCUT2D eigenvalue weighted by Gasteiger charge is -2.12. The second-order valence-electron chi connectivity index (χ2n) is 5.06. The Morgan fingerprint density at radius 2 is 1.65 bits per heavy atom. The Balaban J connectivity index is 1.83. The lowest BCUT2D eigenvalue weighted by Crippen LogP contribution is -2.29. The second-order valence-corrected chi connectivity index (χ2v) is 5.06. The maximum Gasteiger partial charge on any atom is 0.342 e. The predicted octanol–water partition coefficient (Wildman–Crippen LogP) is 2.05. The lowest BCUT2D eigenvalue weighted by molar-refractivity contribution is -0.123. The number of hydrogen-bond donors (Lipinski definition) is 1. The second kappa shape index (κ2) is 10.4. The maximum absolute atomic E-state index is 12.1. The summed E-state index contributed by atoms with van der Waals surface area (Å²) < 4.78 is 16.1. The molecule has 26 heavy (non-hydrogen) atoms. The Kier molecular flexibility index (Phi) is 7.56. The van der Waals surface area contributed by atoms with E-state index in [1.807, 2.05) is 30.3 Å². The van der Waals surface area contributed by atoms with E-state index < -0.39 is 18.5 Å². The van der Waals surface area contributed by atoms with Gasteiger partial charge in [0.15, 0.2) is 6.61 Å². The molecule has 0 atom stereocenters. The molecule has 0 bridgehead atoms. The van der Waals surface area contributed by atoms with E-state index in [1.165, 1.54) is 0 Å². The average Bonchev–Trinajstić information content (AvgIpc) is 2.69. The minimum atomic E-state index is -0.652. The highest BCUT2D eigenvalue weighted by Gasteiger charge is 2.15. The number of esters is 1. The van der Waals surface area contributed by atoms with Crippen molar-refractivity contribution in [2.75, 3.05) is 26.4 Å². The third-order valence-corrected chi connectivity index (χ3v) is 3.18. The molecule has 0 aliphatic carbocycles. The van der Waals surface area contributed by atoms with Crippen molar-refractivity contribution in [1.29, 1.82) is 0 Å². The van der Waals surface area contributed by atoms with Crippen LogP contribution in [-0.2, 0) is 9.53 Å². The topological polar surface area (TPSA) is 73.9 Å². The van der Waals surface area contributed by atoms with E-state index in [2.05, 4.69) is 11.2 Å². The molecule has 0 fully saturated rings. The third-order valence-electron chi connectivity index (χ3n) is 3.18. The molecule has 0 radical (unpaired) electrons. The van der Waals surface area contributed by atoms with Crippen LogP contribution in [0, 0.1) is 12.3 Å². The number of rotatable bonds is 9. The van der Waals surface area contributed by atoms with Crippen molar-refractivity contribution >= 4 is 11.9 Å². The number of nitrogens with one attached hydrogen (secondary N) is 1. The summed E-state index contributed by atoms with van der Waals surface area (Å²) in [5.74, 6) is 2.24. The molecule has 6 heteroatoms. The summed E-state index contributed by atoms with van der Waals surface area (Å²) in [6.07, 6.45) is 5.04. The van der Waals surface area contributed by atoms with Gasteiger partial charge in [-0.25, -0.2) is 4.79 Å². The normalized spacial score (nSPS) is 9.65. The molecule has 1 N–H and O–H groups in total. The van der Waals surface area contributed by atoms with Gasteiger partial charge in [-0.15, -0.1) is 6.42 Å². The molecule has 0 unspecified atom stereocenters. The highest BCUT2D eigenvalue weighted by Crippen LogP contribution is 2.19. The Bertz CT molecular complexity index is 767. The molecule has 0 saturated heterocycles.